The van der Waals surface area contributed by atoms with E-state index >= 15 is 0 Å². The van der Waals surface area contributed by atoms with Crippen LogP contribution in [-0.4, -0.2) is 39.3 Å². The Balaban J connectivity index is 1.82. The van der Waals surface area contributed by atoms with Crippen molar-refractivity contribution in [2.45, 2.75) is 31.2 Å². The number of aromatic nitrogens is 1. The molecule has 0 aliphatic heterocycles. The number of nitrogens with one attached hydrogen (secondary N) is 2. The highest BCUT2D eigenvalue weighted by Crippen LogP contribution is 2.28. The van der Waals surface area contributed by atoms with Crippen LogP contribution >= 0.6 is 0 Å². The van der Waals surface area contributed by atoms with Crippen LogP contribution in [0.4, 0.5) is 0 Å². The van der Waals surface area contributed by atoms with Crippen molar-refractivity contribution in [1.82, 2.24) is 14.6 Å². The van der Waals surface area contributed by atoms with Gasteiger partial charge in [-0.25, -0.2) is 13.1 Å². The van der Waals surface area contributed by atoms with E-state index in [0.717, 1.165) is 18.8 Å². The summed E-state index contributed by atoms with van der Waals surface area (Å²) in [6.45, 7) is 5.01. The molecule has 0 radical (unpaired) electrons. The van der Waals surface area contributed by atoms with Crippen LogP contribution in [0, 0.1) is 5.92 Å². The zero-order valence-electron chi connectivity index (χ0n) is 12.8. The summed E-state index contributed by atoms with van der Waals surface area (Å²) in [6, 6.07) is 1.70. The monoisotopic (exact) mass is 315 g/mol. The molecule has 1 heterocycles. The van der Waals surface area contributed by atoms with E-state index < -0.39 is 10.0 Å². The van der Waals surface area contributed by atoms with E-state index in [1.165, 1.54) is 12.8 Å². The van der Waals surface area contributed by atoms with Gasteiger partial charge in [-0.1, -0.05) is 6.92 Å². The third-order valence-electron chi connectivity index (χ3n) is 3.54. The minimum Gasteiger partial charge on any atom is -0.380 e. The van der Waals surface area contributed by atoms with Crippen LogP contribution in [0.2, 0.25) is 0 Å². The molecule has 1 fully saturated rings. The molecule has 2 rings (SSSR count). The molecule has 1 aliphatic rings. The summed E-state index contributed by atoms with van der Waals surface area (Å²) < 4.78 is 34.2. The van der Waals surface area contributed by atoms with Crippen molar-refractivity contribution < 1.29 is 13.2 Å². The first-order valence-corrected chi connectivity index (χ1v) is 8.94. The Hall–Kier alpha value is -0.890. The highest BCUT2D eigenvalue weighted by atomic mass is 32.2. The molecule has 0 bridgehead atoms. The maximum Gasteiger partial charge on any atom is 0.242 e. The van der Waals surface area contributed by atoms with E-state index in [-0.39, 0.29) is 0 Å². The van der Waals surface area contributed by atoms with Gasteiger partial charge in [0.2, 0.25) is 10.0 Å². The first-order valence-electron chi connectivity index (χ1n) is 7.46. The summed E-state index contributed by atoms with van der Waals surface area (Å²) in [7, 11) is -1.60. The fourth-order valence-corrected chi connectivity index (χ4v) is 3.13. The molecule has 0 atom stereocenters. The molecule has 0 aromatic carbocycles. The van der Waals surface area contributed by atoms with Crippen molar-refractivity contribution in [3.8, 4) is 0 Å². The van der Waals surface area contributed by atoms with Gasteiger partial charge in [-0.05, 0) is 31.4 Å². The SMILES string of the molecule is CCNCc1cc(S(=O)(=O)NCCOCC2CC2)cn1C. The third-order valence-corrected chi connectivity index (χ3v) is 4.97. The Kier molecular flexibility index (Phi) is 5.80. The van der Waals surface area contributed by atoms with Gasteiger partial charge in [0, 0.05) is 38.6 Å². The molecule has 0 saturated heterocycles. The van der Waals surface area contributed by atoms with E-state index in [4.69, 9.17) is 4.74 Å². The summed E-state index contributed by atoms with van der Waals surface area (Å²) in [4.78, 5) is 0.306. The maximum absolute atomic E-state index is 12.2. The number of hydrogen-bond donors (Lipinski definition) is 2. The number of rotatable bonds is 10. The molecule has 6 nitrogen and oxygen atoms in total. The largest absolute Gasteiger partial charge is 0.380 e. The predicted octanol–water partition coefficient (Wildman–Crippen LogP) is 0.840. The molecular formula is C14H25N3O3S. The van der Waals surface area contributed by atoms with Crippen LogP contribution in [0.25, 0.3) is 0 Å². The van der Waals surface area contributed by atoms with Crippen LogP contribution in [0.5, 0.6) is 0 Å². The van der Waals surface area contributed by atoms with E-state index in [1.807, 2.05) is 18.5 Å². The van der Waals surface area contributed by atoms with Crippen LogP contribution in [0.3, 0.4) is 0 Å². The van der Waals surface area contributed by atoms with Crippen molar-refractivity contribution >= 4 is 10.0 Å². The Morgan fingerprint density at radius 3 is 2.86 bits per heavy atom. The van der Waals surface area contributed by atoms with Crippen LogP contribution in [0.15, 0.2) is 17.2 Å². The molecule has 0 unspecified atom stereocenters. The number of hydrogen-bond acceptors (Lipinski definition) is 4. The average Bonchev–Trinajstić information content (AvgIpc) is 3.18. The lowest BCUT2D eigenvalue weighted by atomic mass is 10.4. The quantitative estimate of drug-likeness (QED) is 0.628. The highest BCUT2D eigenvalue weighted by Gasteiger charge is 2.21. The third kappa shape index (κ3) is 5.10. The lowest BCUT2D eigenvalue weighted by Gasteiger charge is -2.05. The summed E-state index contributed by atoms with van der Waals surface area (Å²) >= 11 is 0. The molecule has 1 aliphatic carbocycles. The van der Waals surface area contributed by atoms with Gasteiger partial charge in [-0.2, -0.15) is 0 Å². The van der Waals surface area contributed by atoms with Gasteiger partial charge in [-0.3, -0.25) is 0 Å². The zero-order chi connectivity index (χ0) is 15.3. The second kappa shape index (κ2) is 7.40. The highest BCUT2D eigenvalue weighted by molar-refractivity contribution is 7.89. The average molecular weight is 315 g/mol. The van der Waals surface area contributed by atoms with Gasteiger partial charge in [0.25, 0.3) is 0 Å². The fraction of sp³-hybridized carbons (Fsp3) is 0.714. The lowest BCUT2D eigenvalue weighted by molar-refractivity contribution is 0.129. The first kappa shape index (κ1) is 16.5. The van der Waals surface area contributed by atoms with Crippen molar-refractivity contribution in [1.29, 1.82) is 0 Å². The molecule has 7 heteroatoms. The summed E-state index contributed by atoms with van der Waals surface area (Å²) in [5.41, 5.74) is 0.946. The van der Waals surface area contributed by atoms with E-state index in [9.17, 15) is 8.42 Å². The van der Waals surface area contributed by atoms with Gasteiger partial charge in [-0.15, -0.1) is 0 Å². The number of aryl methyl sites for hydroxylation is 1. The van der Waals surface area contributed by atoms with E-state index in [0.29, 0.717) is 30.5 Å². The summed E-state index contributed by atoms with van der Waals surface area (Å²) in [5.74, 6) is 0.698. The molecule has 0 amide bonds. The Bertz CT molecular complexity index is 550. The van der Waals surface area contributed by atoms with Gasteiger partial charge in [0.05, 0.1) is 11.5 Å². The van der Waals surface area contributed by atoms with Crippen LogP contribution in [0.1, 0.15) is 25.5 Å². The number of sulfonamides is 1. The lowest BCUT2D eigenvalue weighted by Crippen LogP contribution is -2.27. The van der Waals surface area contributed by atoms with Gasteiger partial charge in [0.15, 0.2) is 0 Å². The Morgan fingerprint density at radius 2 is 2.19 bits per heavy atom. The van der Waals surface area contributed by atoms with Crippen molar-refractivity contribution in [2.24, 2.45) is 13.0 Å². The second-order valence-corrected chi connectivity index (χ2v) is 7.24. The molecule has 21 heavy (non-hydrogen) atoms. The number of ether oxygens (including phenoxy) is 1. The predicted molar refractivity (Wildman–Crippen MR) is 81.5 cm³/mol. The van der Waals surface area contributed by atoms with Gasteiger partial charge < -0.3 is 14.6 Å². The minimum absolute atomic E-state index is 0.306. The normalized spacial score (nSPS) is 15.5. The van der Waals surface area contributed by atoms with Gasteiger partial charge >= 0.3 is 0 Å². The molecule has 2 N–H and O–H groups in total. The van der Waals surface area contributed by atoms with Crippen molar-refractivity contribution in [2.75, 3.05) is 26.3 Å². The second-order valence-electron chi connectivity index (χ2n) is 5.47. The Morgan fingerprint density at radius 1 is 1.43 bits per heavy atom. The maximum atomic E-state index is 12.2. The summed E-state index contributed by atoms with van der Waals surface area (Å²) in [6.07, 6.45) is 4.12. The van der Waals surface area contributed by atoms with E-state index in [1.54, 1.807) is 12.3 Å². The summed E-state index contributed by atoms with van der Waals surface area (Å²) in [5, 5.41) is 3.19. The molecule has 120 valence electrons. The first-order chi connectivity index (χ1) is 10.0. The fourth-order valence-electron chi connectivity index (χ4n) is 2.02. The topological polar surface area (TPSA) is 72.4 Å². The Labute approximate surface area is 126 Å². The number of nitrogens with zero attached hydrogens (tertiary/aromatic N) is 1. The molecule has 0 spiro atoms. The van der Waals surface area contributed by atoms with Crippen LogP contribution in [-0.2, 0) is 28.4 Å². The molecular weight excluding hydrogens is 290 g/mol. The molecule has 1 aromatic heterocycles. The standard InChI is InChI=1S/C14H25N3O3S/c1-3-15-9-13-8-14(10-17(13)2)21(18,19)16-6-7-20-11-12-4-5-12/h8,10,12,15-16H,3-7,9,11H2,1-2H3. The smallest absolute Gasteiger partial charge is 0.242 e. The molecule has 1 saturated carbocycles. The van der Waals surface area contributed by atoms with Crippen LogP contribution < -0.4 is 10.0 Å². The van der Waals surface area contributed by atoms with Crippen molar-refractivity contribution in [3.63, 3.8) is 0 Å². The zero-order valence-corrected chi connectivity index (χ0v) is 13.6. The molecule has 1 aromatic rings. The minimum atomic E-state index is -3.45. The van der Waals surface area contributed by atoms with Gasteiger partial charge in [0.1, 0.15) is 0 Å². The van der Waals surface area contributed by atoms with E-state index in [2.05, 4.69) is 10.0 Å². The van der Waals surface area contributed by atoms with Crippen molar-refractivity contribution in [3.05, 3.63) is 18.0 Å².